The normalized spacial score (nSPS) is 40.3. The summed E-state index contributed by atoms with van der Waals surface area (Å²) in [6.45, 7) is 23.6. The van der Waals surface area contributed by atoms with Gasteiger partial charge in [-0.15, -0.1) is 0 Å². The number of hydrogen-bond donors (Lipinski definition) is 2. The highest BCUT2D eigenvalue weighted by Crippen LogP contribution is 2.77. The average molecular weight is 708 g/mol. The van der Waals surface area contributed by atoms with Crippen LogP contribution >= 0.6 is 0 Å². The number of aliphatic hydroxyl groups is 1. The molecule has 51 heavy (non-hydrogen) atoms. The predicted octanol–water partition coefficient (Wildman–Crippen LogP) is 9.42. The van der Waals surface area contributed by atoms with Crippen LogP contribution in [0.2, 0.25) is 0 Å². The van der Waals surface area contributed by atoms with E-state index < -0.39 is 16.9 Å². The molecule has 0 bridgehead atoms. The van der Waals surface area contributed by atoms with Crippen LogP contribution in [0.1, 0.15) is 166 Å². The number of nitrogens with one attached hydrogen (secondary N) is 1. The van der Waals surface area contributed by atoms with Crippen molar-refractivity contribution in [3.05, 3.63) is 11.1 Å². The molecular formula is C45H73NO5. The Balaban J connectivity index is 1.25. The fourth-order valence-electron chi connectivity index (χ4n) is 14.0. The smallest absolute Gasteiger partial charge is 0.307 e. The summed E-state index contributed by atoms with van der Waals surface area (Å²) in [5.74, 6) is 2.24. The first-order chi connectivity index (χ1) is 23.7. The SMILES string of the molecule is CC(=O)C(C)(C)CC(=O)OC1CC[C@]2(C)C3CCC4C5=C(C(C)C)C(=O)C[C@]5([C@H](O)CNCC5CCCCC5)CC[C@@]4(C)C3(C)CC[C@@H]2C1(C)C. The second kappa shape index (κ2) is 13.6. The van der Waals surface area contributed by atoms with Crippen molar-refractivity contribution >= 4 is 17.5 Å². The van der Waals surface area contributed by atoms with Crippen LogP contribution in [0.15, 0.2) is 11.1 Å². The van der Waals surface area contributed by atoms with Gasteiger partial charge in [0.15, 0.2) is 5.78 Å². The van der Waals surface area contributed by atoms with E-state index in [4.69, 9.17) is 4.74 Å². The first kappa shape index (κ1) is 39.2. The monoisotopic (exact) mass is 708 g/mol. The van der Waals surface area contributed by atoms with Gasteiger partial charge in [-0.05, 0) is 129 Å². The van der Waals surface area contributed by atoms with Gasteiger partial charge in [0, 0.05) is 29.2 Å². The van der Waals surface area contributed by atoms with Crippen molar-refractivity contribution in [3.63, 3.8) is 0 Å². The summed E-state index contributed by atoms with van der Waals surface area (Å²) in [5, 5.41) is 15.9. The third kappa shape index (κ3) is 6.24. The fourth-order valence-corrected chi connectivity index (χ4v) is 14.0. The number of carbonyl (C=O) groups excluding carboxylic acids is 3. The number of Topliss-reactive ketones (excluding diaryl/α,β-unsaturated/α-hetero) is 2. The van der Waals surface area contributed by atoms with Gasteiger partial charge in [-0.1, -0.05) is 87.1 Å². The van der Waals surface area contributed by atoms with Crippen LogP contribution in [-0.2, 0) is 19.1 Å². The predicted molar refractivity (Wildman–Crippen MR) is 204 cm³/mol. The molecule has 6 rings (SSSR count). The quantitative estimate of drug-likeness (QED) is 0.220. The van der Waals surface area contributed by atoms with Gasteiger partial charge in [-0.2, -0.15) is 0 Å². The Kier molecular flexibility index (Phi) is 10.5. The van der Waals surface area contributed by atoms with E-state index in [0.717, 1.165) is 63.5 Å². The van der Waals surface area contributed by atoms with Crippen molar-refractivity contribution in [2.24, 2.45) is 62.1 Å². The van der Waals surface area contributed by atoms with Crippen LogP contribution < -0.4 is 5.32 Å². The van der Waals surface area contributed by atoms with Crippen molar-refractivity contribution in [1.29, 1.82) is 0 Å². The lowest BCUT2D eigenvalue weighted by molar-refractivity contribution is -0.235. The Bertz CT molecular complexity index is 1400. The third-order valence-corrected chi connectivity index (χ3v) is 17.4. The van der Waals surface area contributed by atoms with Crippen LogP contribution in [0.4, 0.5) is 0 Å². The number of rotatable bonds is 10. The molecule has 5 saturated carbocycles. The highest BCUT2D eigenvalue weighted by Gasteiger charge is 2.70. The molecule has 5 fully saturated rings. The van der Waals surface area contributed by atoms with E-state index in [0.29, 0.717) is 42.4 Å². The highest BCUT2D eigenvalue weighted by molar-refractivity contribution is 6.00. The minimum absolute atomic E-state index is 0.0182. The van der Waals surface area contributed by atoms with E-state index in [1.807, 2.05) is 13.8 Å². The van der Waals surface area contributed by atoms with Gasteiger partial charge in [0.25, 0.3) is 0 Å². The van der Waals surface area contributed by atoms with Gasteiger partial charge in [-0.3, -0.25) is 14.4 Å². The molecule has 0 aromatic heterocycles. The Morgan fingerprint density at radius 1 is 0.882 bits per heavy atom. The second-order valence-electron chi connectivity index (χ2n) is 21.0. The number of allylic oxidation sites excluding steroid dienone is 1. The van der Waals surface area contributed by atoms with Gasteiger partial charge in [-0.25, -0.2) is 0 Å². The Morgan fingerprint density at radius 2 is 1.57 bits per heavy atom. The first-order valence-electron chi connectivity index (χ1n) is 21.1. The number of aliphatic hydroxyl groups excluding tert-OH is 1. The molecule has 0 amide bonds. The molecule has 0 saturated heterocycles. The zero-order valence-electron chi connectivity index (χ0n) is 34.1. The third-order valence-electron chi connectivity index (χ3n) is 17.4. The van der Waals surface area contributed by atoms with Crippen molar-refractivity contribution in [3.8, 4) is 0 Å². The molecule has 0 aromatic rings. The molecule has 9 atom stereocenters. The maximum atomic E-state index is 14.0. The van der Waals surface area contributed by atoms with Crippen molar-refractivity contribution in [2.75, 3.05) is 13.1 Å². The maximum absolute atomic E-state index is 14.0. The van der Waals surface area contributed by atoms with E-state index in [2.05, 4.69) is 53.8 Å². The highest BCUT2D eigenvalue weighted by atomic mass is 16.5. The average Bonchev–Trinajstić information content (AvgIpc) is 3.36. The van der Waals surface area contributed by atoms with Crippen molar-refractivity contribution < 1.29 is 24.2 Å². The maximum Gasteiger partial charge on any atom is 0.307 e. The molecule has 0 aliphatic heterocycles. The van der Waals surface area contributed by atoms with E-state index >= 15 is 0 Å². The zero-order chi connectivity index (χ0) is 37.4. The van der Waals surface area contributed by atoms with Crippen LogP contribution in [-0.4, -0.2) is 47.9 Å². The molecule has 6 heteroatoms. The molecule has 4 unspecified atom stereocenters. The summed E-state index contributed by atoms with van der Waals surface area (Å²) in [6, 6.07) is 0. The molecular weight excluding hydrogens is 634 g/mol. The van der Waals surface area contributed by atoms with Crippen molar-refractivity contribution in [1.82, 2.24) is 5.32 Å². The second-order valence-corrected chi connectivity index (χ2v) is 21.0. The largest absolute Gasteiger partial charge is 0.462 e. The van der Waals surface area contributed by atoms with E-state index in [1.165, 1.54) is 37.7 Å². The number of ether oxygens (including phenoxy) is 1. The lowest BCUT2D eigenvalue weighted by Crippen LogP contribution is -2.66. The van der Waals surface area contributed by atoms with Crippen LogP contribution in [0.25, 0.3) is 0 Å². The first-order valence-corrected chi connectivity index (χ1v) is 21.1. The van der Waals surface area contributed by atoms with Gasteiger partial charge in [0.1, 0.15) is 11.9 Å². The fraction of sp³-hybridized carbons (Fsp3) is 0.889. The summed E-state index contributed by atoms with van der Waals surface area (Å²) in [4.78, 5) is 39.4. The van der Waals surface area contributed by atoms with Gasteiger partial charge in [0.2, 0.25) is 0 Å². The number of hydrogen-bond acceptors (Lipinski definition) is 6. The molecule has 0 heterocycles. The Labute approximate surface area is 310 Å². The molecule has 6 nitrogen and oxygen atoms in total. The Hall–Kier alpha value is -1.53. The number of ketones is 2. The number of fused-ring (bicyclic) bond motifs is 7. The minimum Gasteiger partial charge on any atom is -0.462 e. The van der Waals surface area contributed by atoms with E-state index in [-0.39, 0.29) is 51.9 Å². The van der Waals surface area contributed by atoms with Crippen LogP contribution in [0.3, 0.4) is 0 Å². The molecule has 6 aliphatic rings. The summed E-state index contributed by atoms with van der Waals surface area (Å²) in [6.07, 6.45) is 14.8. The van der Waals surface area contributed by atoms with E-state index in [1.54, 1.807) is 6.92 Å². The van der Waals surface area contributed by atoms with Gasteiger partial charge >= 0.3 is 5.97 Å². The topological polar surface area (TPSA) is 92.7 Å². The molecule has 288 valence electrons. The Morgan fingerprint density at radius 3 is 2.22 bits per heavy atom. The standard InChI is InChI=1S/C45H73NO5/c1-28(2)38-32(48)24-45(35(49)27-46-26-30-14-12-11-13-15-30)23-22-43(9)31(39(38)45)16-17-34-42(8)20-19-36(51-37(50)25-40(4,5)29(3)47)41(6,7)33(42)18-21-44(34,43)10/h28,30-31,33-36,46,49H,11-27H2,1-10H3/t31?,33-,34?,35-,36?,42+,43-,44?,45+/m1/s1. The van der Waals surface area contributed by atoms with E-state index in [9.17, 15) is 19.5 Å². The summed E-state index contributed by atoms with van der Waals surface area (Å²) in [5.41, 5.74) is 1.39. The lowest BCUT2D eigenvalue weighted by Gasteiger charge is -2.72. The van der Waals surface area contributed by atoms with Crippen molar-refractivity contribution in [2.45, 2.75) is 178 Å². The summed E-state index contributed by atoms with van der Waals surface area (Å²) >= 11 is 0. The summed E-state index contributed by atoms with van der Waals surface area (Å²) < 4.78 is 6.28. The molecule has 0 radical (unpaired) electrons. The number of esters is 1. The number of carbonyl (C=O) groups is 3. The minimum atomic E-state index is -0.709. The molecule has 0 spiro atoms. The molecule has 2 N–H and O–H groups in total. The molecule has 0 aromatic carbocycles. The molecule has 6 aliphatic carbocycles. The van der Waals surface area contributed by atoms with Gasteiger partial charge in [0.05, 0.1) is 12.5 Å². The lowest BCUT2D eigenvalue weighted by atomic mass is 9.33. The summed E-state index contributed by atoms with van der Waals surface area (Å²) in [7, 11) is 0. The van der Waals surface area contributed by atoms with Crippen LogP contribution in [0.5, 0.6) is 0 Å². The van der Waals surface area contributed by atoms with Gasteiger partial charge < -0.3 is 15.2 Å². The zero-order valence-corrected chi connectivity index (χ0v) is 34.1. The van der Waals surface area contributed by atoms with Crippen LogP contribution in [0, 0.1) is 62.1 Å².